The molecule has 0 spiro atoms. The average molecular weight is 266 g/mol. The number of nitrogens with zero attached hydrogens (tertiary/aromatic N) is 2. The molecule has 1 aliphatic carbocycles. The minimum absolute atomic E-state index is 0.0311. The van der Waals surface area contributed by atoms with Crippen LogP contribution in [0.3, 0.4) is 0 Å². The molecule has 0 bridgehead atoms. The summed E-state index contributed by atoms with van der Waals surface area (Å²) in [5.74, 6) is 7.29. The first-order valence-corrected chi connectivity index (χ1v) is 6.69. The smallest absolute Gasteiger partial charge is 0.240 e. The van der Waals surface area contributed by atoms with Gasteiger partial charge in [0, 0.05) is 0 Å². The van der Waals surface area contributed by atoms with Crippen LogP contribution in [-0.2, 0) is 0 Å². The first kappa shape index (κ1) is 14.0. The average Bonchev–Trinajstić information content (AvgIpc) is 2.97. The zero-order valence-corrected chi connectivity index (χ0v) is 11.6. The van der Waals surface area contributed by atoms with E-state index >= 15 is 0 Å². The van der Waals surface area contributed by atoms with E-state index < -0.39 is 0 Å². The Bertz CT molecular complexity index is 408. The molecule has 0 radical (unpaired) electrons. The van der Waals surface area contributed by atoms with Crippen LogP contribution >= 0.6 is 0 Å². The topological polar surface area (TPSA) is 82.3 Å². The summed E-state index contributed by atoms with van der Waals surface area (Å²) in [6.45, 7) is 0. The zero-order valence-electron chi connectivity index (χ0n) is 11.6. The Morgan fingerprint density at radius 2 is 2.11 bits per heavy atom. The molecule has 6 heteroatoms. The van der Waals surface area contributed by atoms with Gasteiger partial charge in [-0.1, -0.05) is 25.7 Å². The Morgan fingerprint density at radius 3 is 2.68 bits per heavy atom. The highest BCUT2D eigenvalue weighted by Gasteiger charge is 2.24. The monoisotopic (exact) mass is 266 g/mol. The molecule has 1 fully saturated rings. The van der Waals surface area contributed by atoms with Crippen LogP contribution in [0.25, 0.3) is 0 Å². The van der Waals surface area contributed by atoms with Gasteiger partial charge in [0.1, 0.15) is 5.69 Å². The van der Waals surface area contributed by atoms with Crippen LogP contribution < -0.4 is 20.7 Å². The zero-order chi connectivity index (χ0) is 13.7. The summed E-state index contributed by atoms with van der Waals surface area (Å²) >= 11 is 0. The molecule has 1 aromatic rings. The molecule has 1 aliphatic rings. The summed E-state index contributed by atoms with van der Waals surface area (Å²) < 4.78 is 10.3. The number of nitrogens with one attached hydrogen (secondary N) is 1. The van der Waals surface area contributed by atoms with Crippen LogP contribution in [-0.4, -0.2) is 24.2 Å². The van der Waals surface area contributed by atoms with Gasteiger partial charge in [-0.3, -0.25) is 11.3 Å². The van der Waals surface area contributed by atoms with Crippen LogP contribution in [0.4, 0.5) is 0 Å². The number of rotatable bonds is 6. The van der Waals surface area contributed by atoms with Gasteiger partial charge in [0.05, 0.1) is 26.5 Å². The van der Waals surface area contributed by atoms with E-state index in [0.29, 0.717) is 17.7 Å². The second kappa shape index (κ2) is 6.68. The molecule has 19 heavy (non-hydrogen) atoms. The van der Waals surface area contributed by atoms with Gasteiger partial charge >= 0.3 is 0 Å². The summed E-state index contributed by atoms with van der Waals surface area (Å²) in [7, 11) is 3.14. The van der Waals surface area contributed by atoms with E-state index in [2.05, 4.69) is 15.4 Å². The van der Waals surface area contributed by atoms with E-state index in [4.69, 9.17) is 15.3 Å². The Morgan fingerprint density at radius 1 is 1.37 bits per heavy atom. The van der Waals surface area contributed by atoms with Crippen LogP contribution in [0.2, 0.25) is 0 Å². The van der Waals surface area contributed by atoms with Crippen LogP contribution in [0, 0.1) is 5.92 Å². The van der Waals surface area contributed by atoms with Crippen molar-refractivity contribution in [2.24, 2.45) is 11.8 Å². The normalized spacial score (nSPS) is 17.4. The quantitative estimate of drug-likeness (QED) is 0.601. The van der Waals surface area contributed by atoms with E-state index in [9.17, 15) is 0 Å². The molecule has 1 saturated carbocycles. The summed E-state index contributed by atoms with van der Waals surface area (Å²) in [6.07, 6.45) is 7.72. The number of methoxy groups -OCH3 is 2. The van der Waals surface area contributed by atoms with Crippen molar-refractivity contribution in [3.63, 3.8) is 0 Å². The van der Waals surface area contributed by atoms with Crippen LogP contribution in [0.15, 0.2) is 6.20 Å². The van der Waals surface area contributed by atoms with Gasteiger partial charge in [-0.2, -0.15) is 4.98 Å². The molecule has 1 unspecified atom stereocenters. The predicted octanol–water partition coefficient (Wildman–Crippen LogP) is 1.58. The Hall–Kier alpha value is -1.40. The van der Waals surface area contributed by atoms with Crippen molar-refractivity contribution < 1.29 is 9.47 Å². The molecule has 1 atom stereocenters. The molecule has 0 aliphatic heterocycles. The van der Waals surface area contributed by atoms with Gasteiger partial charge in [-0.25, -0.2) is 4.98 Å². The molecule has 1 aromatic heterocycles. The highest BCUT2D eigenvalue weighted by Crippen LogP contribution is 2.34. The van der Waals surface area contributed by atoms with Gasteiger partial charge in [0.25, 0.3) is 0 Å². The second-order valence-electron chi connectivity index (χ2n) is 4.91. The Labute approximate surface area is 113 Å². The minimum Gasteiger partial charge on any atom is -0.480 e. The first-order chi connectivity index (χ1) is 9.28. The number of hydrogen-bond acceptors (Lipinski definition) is 6. The van der Waals surface area contributed by atoms with Gasteiger partial charge in [0.15, 0.2) is 0 Å². The minimum atomic E-state index is -0.0311. The molecule has 0 saturated heterocycles. The Kier molecular flexibility index (Phi) is 4.93. The van der Waals surface area contributed by atoms with Crippen LogP contribution in [0.5, 0.6) is 11.8 Å². The lowest BCUT2D eigenvalue weighted by Crippen LogP contribution is -2.30. The molecular formula is C13H22N4O2. The standard InChI is InChI=1S/C13H22N4O2/c1-18-11-8-15-12(13(16-11)19-2)10(17-14)7-9-5-3-4-6-9/h8-10,17H,3-7,14H2,1-2H3. The molecule has 0 aromatic carbocycles. The van der Waals surface area contributed by atoms with Crippen molar-refractivity contribution in [2.75, 3.05) is 14.2 Å². The lowest BCUT2D eigenvalue weighted by molar-refractivity contribution is 0.336. The summed E-state index contributed by atoms with van der Waals surface area (Å²) in [5, 5.41) is 0. The summed E-state index contributed by atoms with van der Waals surface area (Å²) in [4.78, 5) is 8.63. The maximum absolute atomic E-state index is 5.67. The van der Waals surface area contributed by atoms with Crippen LogP contribution in [0.1, 0.15) is 43.8 Å². The third kappa shape index (κ3) is 3.33. The number of hydrogen-bond donors (Lipinski definition) is 2. The van der Waals surface area contributed by atoms with Gasteiger partial charge in [-0.05, 0) is 12.3 Å². The lowest BCUT2D eigenvalue weighted by Gasteiger charge is -2.20. The highest BCUT2D eigenvalue weighted by molar-refractivity contribution is 5.25. The first-order valence-electron chi connectivity index (χ1n) is 6.69. The van der Waals surface area contributed by atoms with Gasteiger partial charge in [-0.15, -0.1) is 0 Å². The van der Waals surface area contributed by atoms with Crippen molar-refractivity contribution in [3.8, 4) is 11.8 Å². The summed E-state index contributed by atoms with van der Waals surface area (Å²) in [6, 6.07) is -0.0311. The number of nitrogens with two attached hydrogens (primary N) is 1. The predicted molar refractivity (Wildman–Crippen MR) is 71.8 cm³/mol. The van der Waals surface area contributed by atoms with E-state index in [1.807, 2.05) is 0 Å². The highest BCUT2D eigenvalue weighted by atomic mass is 16.5. The maximum Gasteiger partial charge on any atom is 0.240 e. The molecule has 2 rings (SSSR count). The second-order valence-corrected chi connectivity index (χ2v) is 4.91. The molecule has 6 nitrogen and oxygen atoms in total. The number of ether oxygens (including phenoxy) is 2. The van der Waals surface area contributed by atoms with Gasteiger partial charge < -0.3 is 9.47 Å². The molecule has 1 heterocycles. The maximum atomic E-state index is 5.67. The van der Waals surface area contributed by atoms with Crippen molar-refractivity contribution in [3.05, 3.63) is 11.9 Å². The van der Waals surface area contributed by atoms with E-state index in [1.165, 1.54) is 25.7 Å². The third-order valence-electron chi connectivity index (χ3n) is 3.72. The van der Waals surface area contributed by atoms with Crippen molar-refractivity contribution >= 4 is 0 Å². The van der Waals surface area contributed by atoms with Crippen molar-refractivity contribution in [1.82, 2.24) is 15.4 Å². The fourth-order valence-electron chi connectivity index (χ4n) is 2.69. The van der Waals surface area contributed by atoms with E-state index in [1.54, 1.807) is 20.4 Å². The van der Waals surface area contributed by atoms with Gasteiger partial charge in [0.2, 0.25) is 11.8 Å². The number of hydrazine groups is 1. The van der Waals surface area contributed by atoms with E-state index in [0.717, 1.165) is 12.1 Å². The fraction of sp³-hybridized carbons (Fsp3) is 0.692. The molecule has 106 valence electrons. The largest absolute Gasteiger partial charge is 0.480 e. The van der Waals surface area contributed by atoms with Crippen molar-refractivity contribution in [2.45, 2.75) is 38.1 Å². The fourth-order valence-corrected chi connectivity index (χ4v) is 2.69. The van der Waals surface area contributed by atoms with Crippen molar-refractivity contribution in [1.29, 1.82) is 0 Å². The lowest BCUT2D eigenvalue weighted by atomic mass is 9.97. The Balaban J connectivity index is 2.16. The SMILES string of the molecule is COc1cnc(C(CC2CCCC2)NN)c(OC)n1. The third-order valence-corrected chi connectivity index (χ3v) is 3.72. The number of aromatic nitrogens is 2. The molecular weight excluding hydrogens is 244 g/mol. The van der Waals surface area contributed by atoms with E-state index in [-0.39, 0.29) is 6.04 Å². The molecule has 0 amide bonds. The summed E-state index contributed by atoms with van der Waals surface area (Å²) in [5.41, 5.74) is 3.58. The molecule has 3 N–H and O–H groups in total.